The second kappa shape index (κ2) is 9.13. The fraction of sp³-hybridized carbons (Fsp3) is 0.250. The highest BCUT2D eigenvalue weighted by molar-refractivity contribution is 7.13. The molecule has 0 spiro atoms. The molecule has 1 aliphatic rings. The summed E-state index contributed by atoms with van der Waals surface area (Å²) in [6.07, 6.45) is 0.579. The summed E-state index contributed by atoms with van der Waals surface area (Å²) >= 11 is 1.68. The molecule has 6 heteroatoms. The number of carbonyl (C=O) groups is 2. The van der Waals surface area contributed by atoms with Crippen LogP contribution in [0.15, 0.2) is 66.0 Å². The molecule has 1 fully saturated rings. The summed E-state index contributed by atoms with van der Waals surface area (Å²) in [5, 5.41) is 5.03. The van der Waals surface area contributed by atoms with Gasteiger partial charge in [0.2, 0.25) is 5.91 Å². The van der Waals surface area contributed by atoms with E-state index < -0.39 is 0 Å². The van der Waals surface area contributed by atoms with E-state index in [1.54, 1.807) is 35.5 Å². The number of thiophene rings is 1. The van der Waals surface area contributed by atoms with Gasteiger partial charge < -0.3 is 15.0 Å². The van der Waals surface area contributed by atoms with Crippen LogP contribution in [0.2, 0.25) is 0 Å². The first kappa shape index (κ1) is 20.2. The van der Waals surface area contributed by atoms with Crippen molar-refractivity contribution in [2.24, 2.45) is 5.92 Å². The van der Waals surface area contributed by atoms with Crippen LogP contribution >= 0.6 is 11.3 Å². The van der Waals surface area contributed by atoms with Crippen LogP contribution < -0.4 is 10.1 Å². The molecule has 1 N–H and O–H groups in total. The smallest absolute Gasteiger partial charge is 0.257 e. The van der Waals surface area contributed by atoms with Crippen molar-refractivity contribution in [3.63, 3.8) is 0 Å². The second-order valence-corrected chi connectivity index (χ2v) is 8.23. The molecule has 4 rings (SSSR count). The molecule has 5 nitrogen and oxygen atoms in total. The molecule has 1 atom stereocenters. The highest BCUT2D eigenvalue weighted by Gasteiger charge is 2.30. The molecule has 1 aliphatic heterocycles. The first-order valence-corrected chi connectivity index (χ1v) is 10.9. The number of nitrogens with one attached hydrogen (secondary N) is 1. The van der Waals surface area contributed by atoms with Gasteiger partial charge in [-0.1, -0.05) is 42.5 Å². The molecule has 154 valence electrons. The molecule has 0 radical (unpaired) electrons. The minimum atomic E-state index is -0.313. The van der Waals surface area contributed by atoms with Crippen LogP contribution in [-0.2, 0) is 11.2 Å². The molecular weight excluding hydrogens is 396 g/mol. The van der Waals surface area contributed by atoms with Gasteiger partial charge in [-0.15, -0.1) is 11.3 Å². The monoisotopic (exact) mass is 420 g/mol. The molecule has 0 bridgehead atoms. The number of rotatable bonds is 5. The Morgan fingerprint density at radius 3 is 2.73 bits per heavy atom. The summed E-state index contributed by atoms with van der Waals surface area (Å²) in [6.45, 7) is 1.30. The molecule has 30 heavy (non-hydrogen) atoms. The van der Waals surface area contributed by atoms with Crippen LogP contribution in [0.3, 0.4) is 0 Å². The van der Waals surface area contributed by atoms with Crippen molar-refractivity contribution in [3.8, 4) is 16.2 Å². The summed E-state index contributed by atoms with van der Waals surface area (Å²) in [6, 6.07) is 19.5. The van der Waals surface area contributed by atoms with Gasteiger partial charge in [0.1, 0.15) is 5.75 Å². The first-order chi connectivity index (χ1) is 14.7. The third-order valence-electron chi connectivity index (χ3n) is 5.39. The largest absolute Gasteiger partial charge is 0.496 e. The minimum Gasteiger partial charge on any atom is -0.496 e. The van der Waals surface area contributed by atoms with E-state index >= 15 is 0 Å². The number of hydrogen-bond donors (Lipinski definition) is 1. The van der Waals surface area contributed by atoms with Crippen LogP contribution in [0.5, 0.6) is 5.75 Å². The average molecular weight is 421 g/mol. The summed E-state index contributed by atoms with van der Waals surface area (Å²) in [5.74, 6) is 0.115. The molecule has 1 saturated heterocycles. The quantitative estimate of drug-likeness (QED) is 0.682. The Balaban J connectivity index is 1.58. The van der Waals surface area contributed by atoms with Gasteiger partial charge in [0.05, 0.1) is 18.6 Å². The zero-order valence-corrected chi connectivity index (χ0v) is 17.7. The number of nitrogens with zero attached hydrogens (tertiary/aromatic N) is 1. The predicted molar refractivity (Wildman–Crippen MR) is 119 cm³/mol. The third-order valence-corrected chi connectivity index (χ3v) is 6.29. The van der Waals surface area contributed by atoms with E-state index in [1.807, 2.05) is 30.3 Å². The number of ether oxygens (including phenoxy) is 1. The fourth-order valence-corrected chi connectivity index (χ4v) is 4.65. The maximum Gasteiger partial charge on any atom is 0.257 e. The van der Waals surface area contributed by atoms with Gasteiger partial charge in [0.15, 0.2) is 0 Å². The van der Waals surface area contributed by atoms with Crippen molar-refractivity contribution in [2.45, 2.75) is 6.42 Å². The Hall–Kier alpha value is -3.12. The van der Waals surface area contributed by atoms with Crippen molar-refractivity contribution in [1.29, 1.82) is 0 Å². The molecule has 2 heterocycles. The Morgan fingerprint density at radius 1 is 1.13 bits per heavy atom. The standard InChI is InChI=1S/C24H24N2O3S/c1-29-21-10-5-4-9-20(21)24(28)26-13-12-25-23(27)18(16-26)15-17-7-2-3-8-19(17)22-11-6-14-30-22/h2-11,14,18H,12-13,15-16H2,1H3,(H,25,27)/t18-/m1/s1. The van der Waals surface area contributed by atoms with E-state index in [1.165, 1.54) is 4.88 Å². The third kappa shape index (κ3) is 4.24. The van der Waals surface area contributed by atoms with Gasteiger partial charge in [-0.2, -0.15) is 0 Å². The SMILES string of the molecule is COc1ccccc1C(=O)N1CCNC(=O)[C@H](Cc2ccccc2-c2cccs2)C1. The van der Waals surface area contributed by atoms with E-state index in [9.17, 15) is 9.59 Å². The zero-order valence-electron chi connectivity index (χ0n) is 16.8. The minimum absolute atomic E-state index is 0.00805. The van der Waals surface area contributed by atoms with Gasteiger partial charge >= 0.3 is 0 Å². The normalized spacial score (nSPS) is 16.6. The number of benzene rings is 2. The fourth-order valence-electron chi connectivity index (χ4n) is 3.87. The molecule has 0 unspecified atom stereocenters. The Labute approximate surface area is 180 Å². The highest BCUT2D eigenvalue weighted by Crippen LogP contribution is 2.30. The van der Waals surface area contributed by atoms with Crippen LogP contribution in [0.1, 0.15) is 15.9 Å². The molecule has 2 amide bonds. The van der Waals surface area contributed by atoms with Crippen LogP contribution in [0, 0.1) is 5.92 Å². The summed E-state index contributed by atoms with van der Waals surface area (Å²) < 4.78 is 5.36. The van der Waals surface area contributed by atoms with Gasteiger partial charge in [-0.3, -0.25) is 9.59 Å². The van der Waals surface area contributed by atoms with Crippen molar-refractivity contribution in [2.75, 3.05) is 26.7 Å². The first-order valence-electron chi connectivity index (χ1n) is 9.99. The van der Waals surface area contributed by atoms with E-state index in [0.29, 0.717) is 37.4 Å². The van der Waals surface area contributed by atoms with Crippen LogP contribution in [-0.4, -0.2) is 43.5 Å². The molecule has 2 aromatic carbocycles. The average Bonchev–Trinajstić information content (AvgIpc) is 3.25. The molecule has 1 aromatic heterocycles. The van der Waals surface area contributed by atoms with E-state index in [-0.39, 0.29) is 17.7 Å². The van der Waals surface area contributed by atoms with Gasteiger partial charge in [-0.25, -0.2) is 0 Å². The van der Waals surface area contributed by atoms with Crippen molar-refractivity contribution in [3.05, 3.63) is 77.2 Å². The zero-order chi connectivity index (χ0) is 20.9. The number of amides is 2. The Morgan fingerprint density at radius 2 is 1.93 bits per heavy atom. The summed E-state index contributed by atoms with van der Waals surface area (Å²) in [4.78, 5) is 28.9. The molecule has 0 aliphatic carbocycles. The second-order valence-electron chi connectivity index (χ2n) is 7.28. The Bertz CT molecular complexity index is 1030. The molecular formula is C24H24N2O3S. The number of para-hydroxylation sites is 1. The summed E-state index contributed by atoms with van der Waals surface area (Å²) in [5.41, 5.74) is 2.78. The van der Waals surface area contributed by atoms with Gasteiger partial charge in [0, 0.05) is 24.5 Å². The van der Waals surface area contributed by atoms with Crippen LogP contribution in [0.4, 0.5) is 0 Å². The lowest BCUT2D eigenvalue weighted by molar-refractivity contribution is -0.124. The Kier molecular flexibility index (Phi) is 6.14. The van der Waals surface area contributed by atoms with E-state index in [0.717, 1.165) is 11.1 Å². The molecule has 0 saturated carbocycles. The van der Waals surface area contributed by atoms with E-state index in [4.69, 9.17) is 4.74 Å². The van der Waals surface area contributed by atoms with Crippen molar-refractivity contribution < 1.29 is 14.3 Å². The highest BCUT2D eigenvalue weighted by atomic mass is 32.1. The van der Waals surface area contributed by atoms with Crippen LogP contribution in [0.25, 0.3) is 10.4 Å². The van der Waals surface area contributed by atoms with E-state index in [2.05, 4.69) is 28.9 Å². The summed E-state index contributed by atoms with van der Waals surface area (Å²) in [7, 11) is 1.56. The van der Waals surface area contributed by atoms with Gasteiger partial charge in [-0.05, 0) is 41.1 Å². The lowest BCUT2D eigenvalue weighted by atomic mass is 9.94. The maximum atomic E-state index is 13.2. The number of carbonyl (C=O) groups excluding carboxylic acids is 2. The molecule has 3 aromatic rings. The predicted octanol–water partition coefficient (Wildman–Crippen LogP) is 3.85. The lowest BCUT2D eigenvalue weighted by Crippen LogP contribution is -2.37. The van der Waals surface area contributed by atoms with Crippen molar-refractivity contribution in [1.82, 2.24) is 10.2 Å². The maximum absolute atomic E-state index is 13.2. The number of hydrogen-bond acceptors (Lipinski definition) is 4. The lowest BCUT2D eigenvalue weighted by Gasteiger charge is -2.24. The number of methoxy groups -OCH3 is 1. The van der Waals surface area contributed by atoms with Crippen molar-refractivity contribution >= 4 is 23.2 Å². The topological polar surface area (TPSA) is 58.6 Å². The van der Waals surface area contributed by atoms with Gasteiger partial charge in [0.25, 0.3) is 5.91 Å².